The number of fused-ring (bicyclic) bond motifs is 1. The van der Waals surface area contributed by atoms with Crippen LogP contribution in [0.3, 0.4) is 0 Å². The summed E-state index contributed by atoms with van der Waals surface area (Å²) in [6.07, 6.45) is -4.91. The number of aromatic nitrogens is 2. The summed E-state index contributed by atoms with van der Waals surface area (Å²) in [7, 11) is 0. The number of nitrogens with zero attached hydrogens (tertiary/aromatic N) is 1. The number of carboxylic acids is 1. The van der Waals surface area contributed by atoms with Crippen LogP contribution < -0.4 is 5.32 Å². The minimum atomic E-state index is -4.91. The van der Waals surface area contributed by atoms with E-state index in [0.717, 1.165) is 12.1 Å². The number of hydrogen-bond acceptors (Lipinski definition) is 3. The molecule has 1 aromatic heterocycles. The van der Waals surface area contributed by atoms with Crippen molar-refractivity contribution >= 4 is 34.5 Å². The molecule has 3 rings (SSSR count). The smallest absolute Gasteiger partial charge is 0.417 e. The molecule has 146 valence electrons. The first-order chi connectivity index (χ1) is 13.1. The Labute approximate surface area is 161 Å². The van der Waals surface area contributed by atoms with E-state index in [-0.39, 0.29) is 5.56 Å². The molecule has 0 aliphatic carbocycles. The van der Waals surface area contributed by atoms with Crippen LogP contribution in [0.15, 0.2) is 36.4 Å². The van der Waals surface area contributed by atoms with Gasteiger partial charge in [0.1, 0.15) is 5.82 Å². The Kier molecular flexibility index (Phi) is 5.03. The predicted molar refractivity (Wildman–Crippen MR) is 95.4 cm³/mol. The number of halogens is 4. The van der Waals surface area contributed by atoms with Crippen molar-refractivity contribution in [3.8, 4) is 0 Å². The second kappa shape index (κ2) is 7.16. The third kappa shape index (κ3) is 3.94. The van der Waals surface area contributed by atoms with Crippen molar-refractivity contribution in [3.63, 3.8) is 0 Å². The van der Waals surface area contributed by atoms with Crippen molar-refractivity contribution in [3.05, 3.63) is 63.9 Å². The summed E-state index contributed by atoms with van der Waals surface area (Å²) >= 11 is 5.90. The number of hydrogen-bond donors (Lipinski definition) is 3. The van der Waals surface area contributed by atoms with E-state index in [9.17, 15) is 22.8 Å². The van der Waals surface area contributed by atoms with Gasteiger partial charge in [-0.05, 0) is 43.3 Å². The maximum absolute atomic E-state index is 13.1. The molecular formula is C18H13ClF3N3O3. The number of imidazole rings is 1. The standard InChI is InChI=1S/C18H13ClF3N3O3/c1-8(15-24-13-5-3-10(19)7-14(13)25-15)23-16(26)9-2-4-11(17(27)28)12(6-9)18(20,21)22/h2-8H,1H3,(H,23,26)(H,24,25)(H,27,28). The van der Waals surface area contributed by atoms with Gasteiger partial charge in [-0.15, -0.1) is 0 Å². The molecule has 28 heavy (non-hydrogen) atoms. The highest BCUT2D eigenvalue weighted by atomic mass is 35.5. The molecule has 0 spiro atoms. The van der Waals surface area contributed by atoms with Gasteiger partial charge in [-0.25, -0.2) is 9.78 Å². The fraction of sp³-hybridized carbons (Fsp3) is 0.167. The van der Waals surface area contributed by atoms with E-state index >= 15 is 0 Å². The average Bonchev–Trinajstić information content (AvgIpc) is 3.03. The number of aromatic carboxylic acids is 1. The van der Waals surface area contributed by atoms with Gasteiger partial charge in [0.15, 0.2) is 0 Å². The molecule has 0 aliphatic heterocycles. The maximum Gasteiger partial charge on any atom is 0.417 e. The Balaban J connectivity index is 1.86. The molecule has 1 atom stereocenters. The van der Waals surface area contributed by atoms with Crippen molar-refractivity contribution in [2.75, 3.05) is 0 Å². The number of amides is 1. The Hall–Kier alpha value is -3.07. The van der Waals surface area contributed by atoms with Crippen LogP contribution in [0.2, 0.25) is 5.02 Å². The van der Waals surface area contributed by atoms with Gasteiger partial charge in [-0.3, -0.25) is 4.79 Å². The molecule has 6 nitrogen and oxygen atoms in total. The zero-order valence-corrected chi connectivity index (χ0v) is 15.0. The first-order valence-electron chi connectivity index (χ1n) is 7.97. The molecule has 0 bridgehead atoms. The summed E-state index contributed by atoms with van der Waals surface area (Å²) in [6, 6.07) is 6.66. The summed E-state index contributed by atoms with van der Waals surface area (Å²) in [5, 5.41) is 11.9. The molecule has 3 N–H and O–H groups in total. The summed E-state index contributed by atoms with van der Waals surface area (Å²) in [4.78, 5) is 30.7. The molecule has 0 radical (unpaired) electrons. The second-order valence-corrected chi connectivity index (χ2v) is 6.48. The van der Waals surface area contributed by atoms with Crippen molar-refractivity contribution in [2.45, 2.75) is 19.1 Å². The highest BCUT2D eigenvalue weighted by molar-refractivity contribution is 6.31. The molecule has 1 heterocycles. The fourth-order valence-corrected chi connectivity index (χ4v) is 2.82. The lowest BCUT2D eigenvalue weighted by atomic mass is 10.0. The highest BCUT2D eigenvalue weighted by Gasteiger charge is 2.36. The van der Waals surface area contributed by atoms with E-state index in [1.165, 1.54) is 0 Å². The Morgan fingerprint density at radius 3 is 2.57 bits per heavy atom. The van der Waals surface area contributed by atoms with Crippen LogP contribution in [-0.2, 0) is 6.18 Å². The molecular weight excluding hydrogens is 399 g/mol. The fourth-order valence-electron chi connectivity index (χ4n) is 2.66. The van der Waals surface area contributed by atoms with E-state index in [2.05, 4.69) is 15.3 Å². The van der Waals surface area contributed by atoms with E-state index in [4.69, 9.17) is 16.7 Å². The third-order valence-electron chi connectivity index (χ3n) is 4.04. The predicted octanol–water partition coefficient (Wildman–Crippen LogP) is 4.42. The number of benzene rings is 2. The highest BCUT2D eigenvalue weighted by Crippen LogP contribution is 2.33. The molecule has 3 aromatic rings. The summed E-state index contributed by atoms with van der Waals surface area (Å²) in [5.41, 5.74) is -1.37. The molecule has 0 aliphatic rings. The van der Waals surface area contributed by atoms with Crippen LogP contribution in [0, 0.1) is 0 Å². The van der Waals surface area contributed by atoms with Crippen molar-refractivity contribution in [2.24, 2.45) is 0 Å². The topological polar surface area (TPSA) is 95.1 Å². The van der Waals surface area contributed by atoms with E-state index in [1.807, 2.05) is 0 Å². The molecule has 1 amide bonds. The van der Waals surface area contributed by atoms with Gasteiger partial charge in [0.2, 0.25) is 0 Å². The van der Waals surface area contributed by atoms with Crippen molar-refractivity contribution in [1.82, 2.24) is 15.3 Å². The summed E-state index contributed by atoms with van der Waals surface area (Å²) in [6.45, 7) is 1.60. The minimum absolute atomic E-state index is 0.316. The van der Waals surface area contributed by atoms with Crippen LogP contribution in [0.5, 0.6) is 0 Å². The average molecular weight is 412 g/mol. The second-order valence-electron chi connectivity index (χ2n) is 6.04. The normalized spacial score (nSPS) is 12.8. The van der Waals surface area contributed by atoms with Gasteiger partial charge in [-0.1, -0.05) is 11.6 Å². The summed E-state index contributed by atoms with van der Waals surface area (Å²) < 4.78 is 39.3. The van der Waals surface area contributed by atoms with E-state index in [0.29, 0.717) is 27.9 Å². The molecule has 1 unspecified atom stereocenters. The minimum Gasteiger partial charge on any atom is -0.478 e. The molecule has 0 saturated carbocycles. The lowest BCUT2D eigenvalue weighted by Gasteiger charge is -2.14. The quantitative estimate of drug-likeness (QED) is 0.592. The van der Waals surface area contributed by atoms with Gasteiger partial charge < -0.3 is 15.4 Å². The number of aromatic amines is 1. The first kappa shape index (κ1) is 19.7. The zero-order chi connectivity index (χ0) is 20.6. The molecule has 0 saturated heterocycles. The lowest BCUT2D eigenvalue weighted by molar-refractivity contribution is -0.138. The van der Waals surface area contributed by atoms with Crippen LogP contribution in [-0.4, -0.2) is 27.0 Å². The number of carbonyl (C=O) groups is 2. The van der Waals surface area contributed by atoms with Gasteiger partial charge in [0, 0.05) is 10.6 Å². The zero-order valence-electron chi connectivity index (χ0n) is 14.3. The Morgan fingerprint density at radius 2 is 1.93 bits per heavy atom. The van der Waals surface area contributed by atoms with E-state index < -0.39 is 35.2 Å². The van der Waals surface area contributed by atoms with Crippen LogP contribution >= 0.6 is 11.6 Å². The lowest BCUT2D eigenvalue weighted by Crippen LogP contribution is -2.28. The van der Waals surface area contributed by atoms with Gasteiger partial charge in [0.05, 0.1) is 28.2 Å². The number of carbonyl (C=O) groups excluding carboxylic acids is 1. The molecule has 10 heteroatoms. The molecule has 2 aromatic carbocycles. The third-order valence-corrected chi connectivity index (χ3v) is 4.27. The van der Waals surface area contributed by atoms with Crippen molar-refractivity contribution in [1.29, 1.82) is 0 Å². The van der Waals surface area contributed by atoms with E-state index in [1.54, 1.807) is 25.1 Å². The van der Waals surface area contributed by atoms with Crippen molar-refractivity contribution < 1.29 is 27.9 Å². The van der Waals surface area contributed by atoms with Gasteiger partial charge >= 0.3 is 12.1 Å². The van der Waals surface area contributed by atoms with Crippen LogP contribution in [0.1, 0.15) is 45.1 Å². The molecule has 0 fully saturated rings. The Bertz CT molecular complexity index is 1080. The number of H-pyrrole nitrogens is 1. The number of carboxylic acid groups (broad SMARTS) is 1. The number of nitrogens with one attached hydrogen (secondary N) is 2. The number of alkyl halides is 3. The Morgan fingerprint density at radius 1 is 1.21 bits per heavy atom. The maximum atomic E-state index is 13.1. The van der Waals surface area contributed by atoms with Crippen LogP contribution in [0.25, 0.3) is 11.0 Å². The monoisotopic (exact) mass is 411 g/mol. The first-order valence-corrected chi connectivity index (χ1v) is 8.34. The van der Waals surface area contributed by atoms with Crippen LogP contribution in [0.4, 0.5) is 13.2 Å². The van der Waals surface area contributed by atoms with Gasteiger partial charge in [0.25, 0.3) is 5.91 Å². The SMILES string of the molecule is CC(NC(=O)c1ccc(C(=O)O)c(C(F)(F)F)c1)c1nc2cc(Cl)ccc2[nH]1. The number of rotatable bonds is 4. The largest absolute Gasteiger partial charge is 0.478 e. The summed E-state index contributed by atoms with van der Waals surface area (Å²) in [5.74, 6) is -2.13. The van der Waals surface area contributed by atoms with Gasteiger partial charge in [-0.2, -0.15) is 13.2 Å².